The van der Waals surface area contributed by atoms with Crippen molar-refractivity contribution in [1.82, 2.24) is 0 Å². The molecule has 0 heterocycles. The summed E-state index contributed by atoms with van der Waals surface area (Å²) in [5.74, 6) is -0.852. The van der Waals surface area contributed by atoms with Crippen LogP contribution in [0, 0.1) is 23.5 Å². The van der Waals surface area contributed by atoms with Crippen LogP contribution in [-0.2, 0) is 11.2 Å². The Bertz CT molecular complexity index is 1000. The summed E-state index contributed by atoms with van der Waals surface area (Å²) in [6.45, 7) is 6.26. The summed E-state index contributed by atoms with van der Waals surface area (Å²) >= 11 is 0. The van der Waals surface area contributed by atoms with E-state index in [9.17, 15) is 8.78 Å². The molecule has 0 amide bonds. The second-order valence-corrected chi connectivity index (χ2v) is 9.75. The summed E-state index contributed by atoms with van der Waals surface area (Å²) in [7, 11) is 0. The van der Waals surface area contributed by atoms with Crippen molar-refractivity contribution >= 4 is 0 Å². The molecule has 0 aliphatic heterocycles. The molecular weight excluding hydrogens is 433 g/mol. The number of rotatable bonds is 8. The molecule has 0 bridgehead atoms. The van der Waals surface area contributed by atoms with Gasteiger partial charge in [-0.25, -0.2) is 13.2 Å². The Kier molecular flexibility index (Phi) is 8.31. The SMILES string of the molecule is C=CC1CCC(c2ccc(-c3ccc(CCC4C=C(F)C(OCC)CC4)cc3)c(F)c2F)CC1. The first-order valence-electron chi connectivity index (χ1n) is 12.7. The van der Waals surface area contributed by atoms with Gasteiger partial charge in [0.05, 0.1) is 0 Å². The maximum absolute atomic E-state index is 15.0. The monoisotopic (exact) mass is 468 g/mol. The van der Waals surface area contributed by atoms with Crippen molar-refractivity contribution in [2.24, 2.45) is 11.8 Å². The van der Waals surface area contributed by atoms with Gasteiger partial charge in [0.25, 0.3) is 0 Å². The van der Waals surface area contributed by atoms with Crippen molar-refractivity contribution in [3.05, 3.63) is 83.7 Å². The minimum atomic E-state index is -0.761. The van der Waals surface area contributed by atoms with Crippen LogP contribution in [0.15, 0.2) is 61.0 Å². The number of halogens is 3. The molecular formula is C30H35F3O. The van der Waals surface area contributed by atoms with Gasteiger partial charge >= 0.3 is 0 Å². The lowest BCUT2D eigenvalue weighted by molar-refractivity contribution is 0.0559. The van der Waals surface area contributed by atoms with Gasteiger partial charge in [0.1, 0.15) is 11.9 Å². The van der Waals surface area contributed by atoms with Gasteiger partial charge in [-0.05, 0) is 98.8 Å². The van der Waals surface area contributed by atoms with Crippen LogP contribution in [0.25, 0.3) is 11.1 Å². The quantitative estimate of drug-likeness (QED) is 0.352. The lowest BCUT2D eigenvalue weighted by atomic mass is 9.78. The van der Waals surface area contributed by atoms with Crippen LogP contribution in [0.2, 0.25) is 0 Å². The van der Waals surface area contributed by atoms with E-state index in [1.807, 2.05) is 37.3 Å². The average molecular weight is 469 g/mol. The predicted octanol–water partition coefficient (Wildman–Crippen LogP) is 8.69. The molecule has 2 aliphatic carbocycles. The Morgan fingerprint density at radius 1 is 0.912 bits per heavy atom. The van der Waals surface area contributed by atoms with E-state index >= 15 is 4.39 Å². The van der Waals surface area contributed by atoms with Crippen LogP contribution >= 0.6 is 0 Å². The number of hydrogen-bond acceptors (Lipinski definition) is 1. The van der Waals surface area contributed by atoms with Gasteiger partial charge in [-0.15, -0.1) is 6.58 Å². The van der Waals surface area contributed by atoms with Crippen LogP contribution in [0.5, 0.6) is 0 Å². The van der Waals surface area contributed by atoms with Crippen molar-refractivity contribution in [3.63, 3.8) is 0 Å². The number of ether oxygens (including phenoxy) is 1. The molecule has 0 N–H and O–H groups in total. The van der Waals surface area contributed by atoms with Gasteiger partial charge in [0.2, 0.25) is 0 Å². The van der Waals surface area contributed by atoms with E-state index in [-0.39, 0.29) is 23.8 Å². The van der Waals surface area contributed by atoms with Gasteiger partial charge in [0, 0.05) is 12.2 Å². The molecule has 2 aromatic rings. The van der Waals surface area contributed by atoms with Gasteiger partial charge in [0.15, 0.2) is 11.6 Å². The van der Waals surface area contributed by atoms with Crippen LogP contribution in [0.3, 0.4) is 0 Å². The summed E-state index contributed by atoms with van der Waals surface area (Å²) in [5.41, 5.74) is 2.58. The second kappa shape index (κ2) is 11.4. The second-order valence-electron chi connectivity index (χ2n) is 9.75. The van der Waals surface area contributed by atoms with Crippen LogP contribution < -0.4 is 0 Å². The predicted molar refractivity (Wildman–Crippen MR) is 132 cm³/mol. The third-order valence-electron chi connectivity index (χ3n) is 7.60. The van der Waals surface area contributed by atoms with E-state index in [0.29, 0.717) is 29.2 Å². The molecule has 0 saturated heterocycles. The normalized spacial score (nSPS) is 25.1. The van der Waals surface area contributed by atoms with Crippen molar-refractivity contribution in [3.8, 4) is 11.1 Å². The zero-order valence-electron chi connectivity index (χ0n) is 20.0. The number of hydrogen-bond donors (Lipinski definition) is 0. The topological polar surface area (TPSA) is 9.23 Å². The van der Waals surface area contributed by atoms with Gasteiger partial charge < -0.3 is 4.74 Å². The highest BCUT2D eigenvalue weighted by atomic mass is 19.2. The summed E-state index contributed by atoms with van der Waals surface area (Å²) in [6, 6.07) is 11.1. The number of benzene rings is 2. The van der Waals surface area contributed by atoms with Crippen molar-refractivity contribution in [2.45, 2.75) is 70.3 Å². The van der Waals surface area contributed by atoms with E-state index in [4.69, 9.17) is 4.74 Å². The molecule has 1 fully saturated rings. The smallest absolute Gasteiger partial charge is 0.166 e. The molecule has 4 rings (SSSR count). The molecule has 4 heteroatoms. The first kappa shape index (κ1) is 24.8. The molecule has 2 unspecified atom stereocenters. The minimum absolute atomic E-state index is 0.0737. The van der Waals surface area contributed by atoms with Gasteiger partial charge in [-0.2, -0.15) is 0 Å². The van der Waals surface area contributed by atoms with E-state index in [1.165, 1.54) is 0 Å². The van der Waals surface area contributed by atoms with E-state index in [1.54, 1.807) is 18.2 Å². The molecule has 2 atom stereocenters. The van der Waals surface area contributed by atoms with E-state index < -0.39 is 11.6 Å². The molecule has 34 heavy (non-hydrogen) atoms. The maximum Gasteiger partial charge on any atom is 0.166 e. The third-order valence-corrected chi connectivity index (χ3v) is 7.60. The Hall–Kier alpha value is -2.33. The molecule has 0 spiro atoms. The van der Waals surface area contributed by atoms with Gasteiger partial charge in [-0.1, -0.05) is 42.5 Å². The molecule has 0 radical (unpaired) electrons. The average Bonchev–Trinajstić information content (AvgIpc) is 2.86. The molecule has 0 aromatic heterocycles. The summed E-state index contributed by atoms with van der Waals surface area (Å²) in [4.78, 5) is 0. The Balaban J connectivity index is 1.39. The first-order chi connectivity index (χ1) is 16.5. The standard InChI is InChI=1S/C30H35F3O/c1-3-20-7-12-23(13-8-20)25-16-17-26(30(33)29(25)32)24-14-9-21(10-15-24)5-6-22-11-18-28(34-4-2)27(31)19-22/h3,9-10,14-17,19-20,22-23,28H,1,4-8,11-13,18H2,2H3. The largest absolute Gasteiger partial charge is 0.371 e. The minimum Gasteiger partial charge on any atom is -0.371 e. The first-order valence-corrected chi connectivity index (χ1v) is 12.7. The van der Waals surface area contributed by atoms with E-state index in [2.05, 4.69) is 6.58 Å². The summed E-state index contributed by atoms with van der Waals surface area (Å²) < 4.78 is 49.6. The zero-order valence-corrected chi connectivity index (χ0v) is 20.0. The fraction of sp³-hybridized carbons (Fsp3) is 0.467. The number of allylic oxidation sites excluding steroid dienone is 2. The highest BCUT2D eigenvalue weighted by Gasteiger charge is 2.26. The van der Waals surface area contributed by atoms with E-state index in [0.717, 1.165) is 56.9 Å². The Morgan fingerprint density at radius 2 is 1.65 bits per heavy atom. The fourth-order valence-electron chi connectivity index (χ4n) is 5.48. The zero-order chi connectivity index (χ0) is 24.1. The third kappa shape index (κ3) is 5.66. The Labute approximate surface area is 201 Å². The molecule has 1 saturated carbocycles. The van der Waals surface area contributed by atoms with Crippen LogP contribution in [0.1, 0.15) is 68.9 Å². The van der Waals surface area contributed by atoms with Crippen LogP contribution in [-0.4, -0.2) is 12.7 Å². The molecule has 2 aromatic carbocycles. The summed E-state index contributed by atoms with van der Waals surface area (Å²) in [5, 5.41) is 0. The molecule has 1 nitrogen and oxygen atoms in total. The van der Waals surface area contributed by atoms with Crippen molar-refractivity contribution in [1.29, 1.82) is 0 Å². The highest BCUT2D eigenvalue weighted by molar-refractivity contribution is 5.65. The maximum atomic E-state index is 15.0. The lowest BCUT2D eigenvalue weighted by Crippen LogP contribution is -2.20. The van der Waals surface area contributed by atoms with Gasteiger partial charge in [-0.3, -0.25) is 0 Å². The number of aryl methyl sites for hydroxylation is 1. The molecule has 182 valence electrons. The van der Waals surface area contributed by atoms with Crippen molar-refractivity contribution in [2.75, 3.05) is 6.61 Å². The highest BCUT2D eigenvalue weighted by Crippen LogP contribution is 2.39. The fourth-order valence-corrected chi connectivity index (χ4v) is 5.48. The molecule has 2 aliphatic rings. The Morgan fingerprint density at radius 3 is 2.29 bits per heavy atom. The van der Waals surface area contributed by atoms with Crippen LogP contribution in [0.4, 0.5) is 13.2 Å². The lowest BCUT2D eigenvalue weighted by Gasteiger charge is -2.27. The van der Waals surface area contributed by atoms with Crippen molar-refractivity contribution < 1.29 is 17.9 Å². The summed E-state index contributed by atoms with van der Waals surface area (Å²) in [6.07, 6.45) is 10.3.